The van der Waals surface area contributed by atoms with Crippen LogP contribution < -0.4 is 20.0 Å². The summed E-state index contributed by atoms with van der Waals surface area (Å²) in [5.74, 6) is 0. The minimum absolute atomic E-state index is 0.0508. The number of anilines is 5. The molecule has 0 spiro atoms. The molecule has 3 aliphatic carbocycles. The van der Waals surface area contributed by atoms with E-state index in [1.165, 1.54) is 147 Å². The molecule has 7 aromatic carbocycles. The fourth-order valence-electron chi connectivity index (χ4n) is 13.4. The van der Waals surface area contributed by atoms with Gasteiger partial charge in [0.05, 0.1) is 5.69 Å². The second-order valence-corrected chi connectivity index (χ2v) is 23.6. The van der Waals surface area contributed by atoms with Crippen LogP contribution >= 0.6 is 11.3 Å². The van der Waals surface area contributed by atoms with E-state index in [0.717, 1.165) is 6.42 Å². The Balaban J connectivity index is 1.21. The molecule has 0 amide bonds. The molecule has 0 N–H and O–H groups in total. The maximum atomic E-state index is 2.76. The van der Waals surface area contributed by atoms with Gasteiger partial charge in [-0.05, 0) is 163 Å². The van der Waals surface area contributed by atoms with Gasteiger partial charge in [0, 0.05) is 54.0 Å². The van der Waals surface area contributed by atoms with Crippen molar-refractivity contribution >= 4 is 66.9 Å². The van der Waals surface area contributed by atoms with Crippen molar-refractivity contribution in [3.05, 3.63) is 172 Å². The molecule has 2 aliphatic heterocycles. The Morgan fingerprint density at radius 3 is 1.88 bits per heavy atom. The summed E-state index contributed by atoms with van der Waals surface area (Å²) in [6.07, 6.45) is 5.89. The lowest BCUT2D eigenvalue weighted by atomic mass is 9.45. The van der Waals surface area contributed by atoms with Crippen LogP contribution in [-0.4, -0.2) is 6.85 Å². The minimum atomic E-state index is -0.217. The largest absolute Gasteiger partial charge is 0.376 e. The molecule has 0 atom stereocenters. The van der Waals surface area contributed by atoms with Crippen molar-refractivity contribution in [2.45, 2.75) is 116 Å². The molecule has 0 radical (unpaired) electrons. The highest BCUT2D eigenvalue weighted by Gasteiger charge is 2.52. The molecule has 5 aliphatic rings. The molecule has 2 nitrogen and oxygen atoms in total. The lowest BCUT2D eigenvalue weighted by Gasteiger charge is -2.46. The van der Waals surface area contributed by atoms with E-state index in [-0.39, 0.29) is 28.5 Å². The molecule has 0 saturated carbocycles. The van der Waals surface area contributed by atoms with Gasteiger partial charge in [-0.25, -0.2) is 0 Å². The van der Waals surface area contributed by atoms with Crippen LogP contribution in [-0.2, 0) is 28.1 Å². The summed E-state index contributed by atoms with van der Waals surface area (Å²) in [6, 6.07) is 52.6. The Hall–Kier alpha value is -5.84. The van der Waals surface area contributed by atoms with Gasteiger partial charge in [0.2, 0.25) is 0 Å². The van der Waals surface area contributed by atoms with Gasteiger partial charge in [-0.3, -0.25) is 0 Å². The predicted octanol–water partition coefficient (Wildman–Crippen LogP) is 15.9. The summed E-state index contributed by atoms with van der Waals surface area (Å²) in [6.45, 7) is 22.0. The second kappa shape index (κ2) is 13.6. The maximum absolute atomic E-state index is 2.76. The number of fused-ring (bicyclic) bond motifs is 14. The van der Waals surface area contributed by atoms with E-state index < -0.39 is 0 Å². The van der Waals surface area contributed by atoms with Crippen molar-refractivity contribution in [2.75, 3.05) is 9.71 Å². The fraction of sp³-hybridized carbons (Fsp3) is 0.290. The fourth-order valence-corrected chi connectivity index (χ4v) is 14.7. The van der Waals surface area contributed by atoms with Crippen LogP contribution in [0.1, 0.15) is 127 Å². The lowest BCUT2D eigenvalue weighted by Crippen LogP contribution is -2.61. The van der Waals surface area contributed by atoms with E-state index in [1.54, 1.807) is 0 Å². The van der Waals surface area contributed by atoms with Gasteiger partial charge in [-0.15, -0.1) is 11.3 Å². The summed E-state index contributed by atoms with van der Waals surface area (Å²) in [7, 11) is 0. The first-order chi connectivity index (χ1) is 31.7. The number of hydrogen-bond acceptors (Lipinski definition) is 3. The van der Waals surface area contributed by atoms with Crippen LogP contribution in [0.3, 0.4) is 0 Å². The monoisotopic (exact) mass is 874 g/mol. The van der Waals surface area contributed by atoms with Crippen molar-refractivity contribution < 1.29 is 0 Å². The molecule has 4 heteroatoms. The van der Waals surface area contributed by atoms with E-state index in [9.17, 15) is 0 Å². The number of para-hydroxylation sites is 1. The van der Waals surface area contributed by atoms with Gasteiger partial charge in [0.15, 0.2) is 0 Å². The Bertz CT molecular complexity index is 3370. The number of rotatable bonds is 5. The van der Waals surface area contributed by atoms with E-state index in [4.69, 9.17) is 0 Å². The number of thiophene rings is 1. The minimum Gasteiger partial charge on any atom is -0.376 e. The van der Waals surface area contributed by atoms with E-state index >= 15 is 0 Å². The SMILES string of the molecule is CCCCc1ccc(N2c3cc4c(c5c3B(c3sc6cc7c(cc6c32)C(C)(C)CCC7(C)C)N(c2ccccc2)c2cc3c(cc2-5)-c2ccccc2C3(C)C)C(C)(C)c2ccccc2-4)cc1. The molecular formula is C62H59BN2S. The highest BCUT2D eigenvalue weighted by atomic mass is 32.1. The summed E-state index contributed by atoms with van der Waals surface area (Å²) >= 11 is 2.05. The first kappa shape index (κ1) is 40.4. The number of nitrogens with zero attached hydrogens (tertiary/aromatic N) is 2. The average Bonchev–Trinajstić information content (AvgIpc) is 3.88. The molecule has 0 bridgehead atoms. The molecule has 1 aromatic heterocycles. The molecule has 326 valence electrons. The topological polar surface area (TPSA) is 6.48 Å². The molecule has 13 rings (SSSR count). The van der Waals surface area contributed by atoms with Gasteiger partial charge in [0.1, 0.15) is 0 Å². The zero-order valence-electron chi connectivity index (χ0n) is 40.1. The van der Waals surface area contributed by atoms with Crippen molar-refractivity contribution in [1.29, 1.82) is 0 Å². The second-order valence-electron chi connectivity index (χ2n) is 22.6. The van der Waals surface area contributed by atoms with Gasteiger partial charge in [-0.2, -0.15) is 0 Å². The third kappa shape index (κ3) is 5.31. The molecule has 0 unspecified atom stereocenters. The summed E-state index contributed by atoms with van der Waals surface area (Å²) in [5.41, 5.74) is 26.1. The van der Waals surface area contributed by atoms with Crippen LogP contribution in [0, 0.1) is 0 Å². The predicted molar refractivity (Wildman–Crippen MR) is 285 cm³/mol. The summed E-state index contributed by atoms with van der Waals surface area (Å²) in [4.78, 5) is 5.48. The number of unbranched alkanes of at least 4 members (excludes halogenated alkanes) is 1. The van der Waals surface area contributed by atoms with E-state index in [1.807, 2.05) is 0 Å². The Morgan fingerprint density at radius 1 is 0.545 bits per heavy atom. The highest BCUT2D eigenvalue weighted by Crippen LogP contribution is 2.61. The molecular weight excluding hydrogens is 816 g/mol. The highest BCUT2D eigenvalue weighted by molar-refractivity contribution is 7.32. The van der Waals surface area contributed by atoms with Gasteiger partial charge in [-0.1, -0.05) is 148 Å². The Morgan fingerprint density at radius 2 is 1.18 bits per heavy atom. The molecule has 0 saturated heterocycles. The standard InChI is InChI=1S/C62H59BN2S/c1-10-11-19-37-26-28-38(29-27-37)64-52-34-43-41-23-16-18-25-47(41)62(8,9)55(43)54-44-32-42-40-22-15-17-24-46(40)61(6,7)48(42)35-51(44)65(39-20-13-12-14-21-39)63(56(52)54)58-57(64)45-33-49-50(36-53(45)66-58)60(4,5)31-30-59(49,2)3/h12-18,20-29,32-36H,10-11,19,30-31H2,1-9H3. The van der Waals surface area contributed by atoms with Crippen LogP contribution in [0.2, 0.25) is 0 Å². The van der Waals surface area contributed by atoms with E-state index in [2.05, 4.69) is 217 Å². The summed E-state index contributed by atoms with van der Waals surface area (Å²) in [5, 5.41) is 1.38. The maximum Gasteiger partial charge on any atom is 0.343 e. The Kier molecular flexibility index (Phi) is 8.35. The number of aryl methyl sites for hydroxylation is 1. The first-order valence-corrected chi connectivity index (χ1v) is 25.5. The van der Waals surface area contributed by atoms with Crippen LogP contribution in [0.4, 0.5) is 28.4 Å². The average molecular weight is 875 g/mol. The van der Waals surface area contributed by atoms with Crippen LogP contribution in [0.15, 0.2) is 133 Å². The third-order valence-electron chi connectivity index (χ3n) is 17.0. The smallest absolute Gasteiger partial charge is 0.343 e. The van der Waals surface area contributed by atoms with Gasteiger partial charge >= 0.3 is 6.85 Å². The molecule has 0 fully saturated rings. The third-order valence-corrected chi connectivity index (χ3v) is 18.2. The number of hydrogen-bond donors (Lipinski definition) is 0. The molecule has 3 heterocycles. The van der Waals surface area contributed by atoms with Gasteiger partial charge < -0.3 is 9.71 Å². The quantitative estimate of drug-likeness (QED) is 0.159. The van der Waals surface area contributed by atoms with Crippen molar-refractivity contribution in [3.63, 3.8) is 0 Å². The van der Waals surface area contributed by atoms with Gasteiger partial charge in [0.25, 0.3) is 0 Å². The number of benzene rings is 7. The normalized spacial score (nSPS) is 17.9. The molecule has 66 heavy (non-hydrogen) atoms. The van der Waals surface area contributed by atoms with Crippen molar-refractivity contribution in [1.82, 2.24) is 0 Å². The van der Waals surface area contributed by atoms with Crippen molar-refractivity contribution in [3.8, 4) is 33.4 Å². The van der Waals surface area contributed by atoms with Crippen LogP contribution in [0.25, 0.3) is 43.5 Å². The van der Waals surface area contributed by atoms with E-state index in [0.29, 0.717) is 0 Å². The molecule has 8 aromatic rings. The lowest BCUT2D eigenvalue weighted by molar-refractivity contribution is 0.332. The zero-order chi connectivity index (χ0) is 45.2. The van der Waals surface area contributed by atoms with Crippen molar-refractivity contribution in [2.24, 2.45) is 0 Å². The van der Waals surface area contributed by atoms with Crippen LogP contribution in [0.5, 0.6) is 0 Å². The first-order valence-electron chi connectivity index (χ1n) is 24.7. The Labute approximate surface area is 396 Å². The summed E-state index contributed by atoms with van der Waals surface area (Å²) < 4.78 is 2.82. The zero-order valence-corrected chi connectivity index (χ0v) is 40.9.